The van der Waals surface area contributed by atoms with Crippen molar-refractivity contribution in [1.29, 1.82) is 0 Å². The molecule has 0 aliphatic heterocycles. The Morgan fingerprint density at radius 1 is 1.36 bits per heavy atom. The molecule has 0 saturated carbocycles. The molecule has 11 heavy (non-hydrogen) atoms. The summed E-state index contributed by atoms with van der Waals surface area (Å²) in [6.45, 7) is 0.607. The highest BCUT2D eigenvalue weighted by atomic mass is 79.9. The van der Waals surface area contributed by atoms with Crippen molar-refractivity contribution in [2.24, 2.45) is 5.73 Å². The van der Waals surface area contributed by atoms with Crippen molar-refractivity contribution in [3.05, 3.63) is 28.2 Å². The summed E-state index contributed by atoms with van der Waals surface area (Å²) >= 11 is 3.28. The molecule has 0 fully saturated rings. The van der Waals surface area contributed by atoms with E-state index >= 15 is 0 Å². The second-order valence-electron chi connectivity index (χ2n) is 2.36. The van der Waals surface area contributed by atoms with E-state index in [1.54, 1.807) is 12.1 Å². The summed E-state index contributed by atoms with van der Waals surface area (Å²) in [5.74, 6) is 0.280. The third-order valence-electron chi connectivity index (χ3n) is 1.38. The maximum atomic E-state index is 9.15. The summed E-state index contributed by atoms with van der Waals surface area (Å²) in [6.07, 6.45) is 0.799. The molecular weight excluding hydrogens is 206 g/mol. The second-order valence-corrected chi connectivity index (χ2v) is 3.27. The zero-order valence-corrected chi connectivity index (χ0v) is 7.63. The highest BCUT2D eigenvalue weighted by Crippen LogP contribution is 2.20. The van der Waals surface area contributed by atoms with Gasteiger partial charge in [-0.25, -0.2) is 0 Å². The highest BCUT2D eigenvalue weighted by Gasteiger charge is 1.96. The molecule has 3 heteroatoms. The molecule has 0 radical (unpaired) electrons. The smallest absolute Gasteiger partial charge is 0.116 e. The Labute approximate surface area is 74.2 Å². The lowest BCUT2D eigenvalue weighted by Gasteiger charge is -2.00. The van der Waals surface area contributed by atoms with Crippen molar-refractivity contribution in [2.45, 2.75) is 6.42 Å². The minimum absolute atomic E-state index is 0.280. The summed E-state index contributed by atoms with van der Waals surface area (Å²) in [7, 11) is 0. The van der Waals surface area contributed by atoms with Crippen LogP contribution >= 0.6 is 15.9 Å². The molecule has 0 bridgehead atoms. The van der Waals surface area contributed by atoms with Gasteiger partial charge in [0.05, 0.1) is 0 Å². The standard InChI is InChI=1S/C8H10BrNO/c9-7-3-6(1-2-10)4-8(11)5-7/h3-5,11H,1-2,10H2. The van der Waals surface area contributed by atoms with E-state index in [9.17, 15) is 0 Å². The first kappa shape index (κ1) is 8.56. The Morgan fingerprint density at radius 2 is 2.09 bits per heavy atom. The van der Waals surface area contributed by atoms with E-state index in [1.807, 2.05) is 6.07 Å². The number of hydrogen-bond acceptors (Lipinski definition) is 2. The monoisotopic (exact) mass is 215 g/mol. The van der Waals surface area contributed by atoms with Gasteiger partial charge in [-0.15, -0.1) is 0 Å². The highest BCUT2D eigenvalue weighted by molar-refractivity contribution is 9.10. The van der Waals surface area contributed by atoms with Crippen molar-refractivity contribution in [2.75, 3.05) is 6.54 Å². The minimum Gasteiger partial charge on any atom is -0.508 e. The van der Waals surface area contributed by atoms with Crippen LogP contribution in [0, 0.1) is 0 Å². The Morgan fingerprint density at radius 3 is 2.64 bits per heavy atom. The number of rotatable bonds is 2. The first-order valence-electron chi connectivity index (χ1n) is 3.41. The van der Waals surface area contributed by atoms with E-state index in [4.69, 9.17) is 10.8 Å². The Kier molecular flexibility index (Phi) is 2.91. The van der Waals surface area contributed by atoms with E-state index in [1.165, 1.54) is 0 Å². The summed E-state index contributed by atoms with van der Waals surface area (Å²) in [6, 6.07) is 5.32. The van der Waals surface area contributed by atoms with E-state index in [2.05, 4.69) is 15.9 Å². The fraction of sp³-hybridized carbons (Fsp3) is 0.250. The molecule has 3 N–H and O–H groups in total. The lowest BCUT2D eigenvalue weighted by atomic mass is 10.1. The second kappa shape index (κ2) is 3.74. The van der Waals surface area contributed by atoms with Crippen LogP contribution in [0.3, 0.4) is 0 Å². The van der Waals surface area contributed by atoms with Crippen LogP contribution in [0.4, 0.5) is 0 Å². The van der Waals surface area contributed by atoms with Gasteiger partial charge in [-0.2, -0.15) is 0 Å². The molecule has 1 aromatic rings. The molecule has 0 unspecified atom stereocenters. The van der Waals surface area contributed by atoms with Crippen LogP contribution in [0.25, 0.3) is 0 Å². The molecule has 0 atom stereocenters. The number of phenols is 1. The quantitative estimate of drug-likeness (QED) is 0.789. The molecule has 0 aliphatic carbocycles. The Bertz CT molecular complexity index is 230. The van der Waals surface area contributed by atoms with Gasteiger partial charge in [-0.3, -0.25) is 0 Å². The van der Waals surface area contributed by atoms with Crippen LogP contribution in [0.2, 0.25) is 0 Å². The van der Waals surface area contributed by atoms with E-state index < -0.39 is 0 Å². The number of halogens is 1. The fourth-order valence-corrected chi connectivity index (χ4v) is 1.47. The van der Waals surface area contributed by atoms with Gasteiger partial charge >= 0.3 is 0 Å². The van der Waals surface area contributed by atoms with Gasteiger partial charge in [0.2, 0.25) is 0 Å². The Hall–Kier alpha value is -0.540. The summed E-state index contributed by atoms with van der Waals surface area (Å²) in [4.78, 5) is 0. The van der Waals surface area contributed by atoms with Crippen LogP contribution in [0.15, 0.2) is 22.7 Å². The molecule has 0 aromatic heterocycles. The average Bonchev–Trinajstić information content (AvgIpc) is 1.85. The summed E-state index contributed by atoms with van der Waals surface area (Å²) < 4.78 is 0.890. The van der Waals surface area contributed by atoms with Gasteiger partial charge in [-0.1, -0.05) is 15.9 Å². The molecule has 1 rings (SSSR count). The first-order chi connectivity index (χ1) is 5.22. The van der Waals surface area contributed by atoms with Gasteiger partial charge < -0.3 is 10.8 Å². The third-order valence-corrected chi connectivity index (χ3v) is 1.83. The van der Waals surface area contributed by atoms with Gasteiger partial charge in [0.15, 0.2) is 0 Å². The van der Waals surface area contributed by atoms with Crippen LogP contribution < -0.4 is 5.73 Å². The maximum absolute atomic E-state index is 9.15. The molecule has 60 valence electrons. The predicted molar refractivity (Wildman–Crippen MR) is 48.6 cm³/mol. The Balaban J connectivity index is 2.89. The lowest BCUT2D eigenvalue weighted by molar-refractivity contribution is 0.474. The average molecular weight is 216 g/mol. The fourth-order valence-electron chi connectivity index (χ4n) is 0.944. The van der Waals surface area contributed by atoms with Crippen molar-refractivity contribution in [3.8, 4) is 5.75 Å². The van der Waals surface area contributed by atoms with Crippen molar-refractivity contribution in [3.63, 3.8) is 0 Å². The van der Waals surface area contributed by atoms with Crippen molar-refractivity contribution in [1.82, 2.24) is 0 Å². The van der Waals surface area contributed by atoms with E-state index in [-0.39, 0.29) is 5.75 Å². The molecular formula is C8H10BrNO. The van der Waals surface area contributed by atoms with E-state index in [0.717, 1.165) is 16.5 Å². The molecule has 0 heterocycles. The number of nitrogens with two attached hydrogens (primary N) is 1. The van der Waals surface area contributed by atoms with Gasteiger partial charge in [0, 0.05) is 4.47 Å². The van der Waals surface area contributed by atoms with Gasteiger partial charge in [-0.05, 0) is 36.7 Å². The van der Waals surface area contributed by atoms with Gasteiger partial charge in [0.25, 0.3) is 0 Å². The number of hydrogen-bond donors (Lipinski definition) is 2. The molecule has 1 aromatic carbocycles. The first-order valence-corrected chi connectivity index (χ1v) is 4.20. The number of benzene rings is 1. The molecule has 0 amide bonds. The SMILES string of the molecule is NCCc1cc(O)cc(Br)c1. The van der Waals surface area contributed by atoms with Gasteiger partial charge in [0.1, 0.15) is 5.75 Å². The topological polar surface area (TPSA) is 46.2 Å². The molecule has 0 aliphatic rings. The lowest BCUT2D eigenvalue weighted by Crippen LogP contribution is -2.02. The number of phenolic OH excluding ortho intramolecular Hbond substituents is 1. The van der Waals surface area contributed by atoms with Crippen LogP contribution in [-0.2, 0) is 6.42 Å². The molecule has 0 spiro atoms. The largest absolute Gasteiger partial charge is 0.508 e. The molecule has 0 saturated heterocycles. The minimum atomic E-state index is 0.280. The normalized spacial score (nSPS) is 10.0. The van der Waals surface area contributed by atoms with Crippen LogP contribution in [0.5, 0.6) is 5.75 Å². The summed E-state index contributed by atoms with van der Waals surface area (Å²) in [5.41, 5.74) is 6.42. The van der Waals surface area contributed by atoms with Crippen LogP contribution in [0.1, 0.15) is 5.56 Å². The van der Waals surface area contributed by atoms with Crippen LogP contribution in [-0.4, -0.2) is 11.7 Å². The zero-order chi connectivity index (χ0) is 8.27. The third kappa shape index (κ3) is 2.52. The molecule has 2 nitrogen and oxygen atoms in total. The predicted octanol–water partition coefficient (Wildman–Crippen LogP) is 1.66. The zero-order valence-electron chi connectivity index (χ0n) is 6.05. The maximum Gasteiger partial charge on any atom is 0.116 e. The number of aromatic hydroxyl groups is 1. The van der Waals surface area contributed by atoms with E-state index in [0.29, 0.717) is 6.54 Å². The van der Waals surface area contributed by atoms with Crippen molar-refractivity contribution < 1.29 is 5.11 Å². The summed E-state index contributed by atoms with van der Waals surface area (Å²) in [5, 5.41) is 9.15. The van der Waals surface area contributed by atoms with Crippen molar-refractivity contribution >= 4 is 15.9 Å².